The molecule has 0 aliphatic carbocycles. The molecule has 2 nitrogen and oxygen atoms in total. The van der Waals surface area contributed by atoms with Gasteiger partial charge in [-0.1, -0.05) is 18.2 Å². The van der Waals surface area contributed by atoms with Crippen LogP contribution in [0.3, 0.4) is 0 Å². The van der Waals surface area contributed by atoms with Crippen LogP contribution in [0.1, 0.15) is 16.5 Å². The molecule has 20 heavy (non-hydrogen) atoms. The maximum Gasteiger partial charge on any atom is 0.119 e. The van der Waals surface area contributed by atoms with Crippen LogP contribution in [-0.4, -0.2) is 12.2 Å². The van der Waals surface area contributed by atoms with Crippen LogP contribution >= 0.6 is 27.3 Å². The van der Waals surface area contributed by atoms with E-state index >= 15 is 0 Å². The van der Waals surface area contributed by atoms with Crippen LogP contribution in [-0.2, 0) is 0 Å². The molecule has 0 bridgehead atoms. The maximum absolute atomic E-state index is 10.5. The number of thiophene rings is 1. The molecule has 0 fully saturated rings. The van der Waals surface area contributed by atoms with E-state index in [0.717, 1.165) is 31.4 Å². The van der Waals surface area contributed by atoms with Crippen molar-refractivity contribution in [2.45, 2.75) is 6.10 Å². The number of benzene rings is 2. The fraction of sp³-hybridized carbons (Fsp3) is 0.125. The highest BCUT2D eigenvalue weighted by atomic mass is 79.9. The number of methoxy groups -OCH3 is 1. The second-order valence-electron chi connectivity index (χ2n) is 4.51. The highest BCUT2D eigenvalue weighted by Gasteiger charge is 2.15. The Kier molecular flexibility index (Phi) is 3.78. The van der Waals surface area contributed by atoms with E-state index in [1.807, 2.05) is 47.8 Å². The number of halogens is 1. The number of rotatable bonds is 3. The molecule has 0 radical (unpaired) electrons. The summed E-state index contributed by atoms with van der Waals surface area (Å²) in [6, 6.07) is 13.9. The number of ether oxygens (including phenoxy) is 1. The molecular formula is C16H13BrO2S. The Morgan fingerprint density at radius 2 is 1.85 bits per heavy atom. The van der Waals surface area contributed by atoms with Crippen LogP contribution < -0.4 is 4.74 Å². The van der Waals surface area contributed by atoms with Gasteiger partial charge in [0.15, 0.2) is 0 Å². The Bertz CT molecular complexity index is 751. The lowest BCUT2D eigenvalue weighted by atomic mass is 10.0. The van der Waals surface area contributed by atoms with Gasteiger partial charge in [0, 0.05) is 4.47 Å². The number of aliphatic hydroxyl groups excluding tert-OH is 1. The second-order valence-corrected chi connectivity index (χ2v) is 6.31. The fourth-order valence-corrected chi connectivity index (χ4v) is 3.79. The largest absolute Gasteiger partial charge is 0.497 e. The van der Waals surface area contributed by atoms with Crippen molar-refractivity contribution in [2.24, 2.45) is 0 Å². The summed E-state index contributed by atoms with van der Waals surface area (Å²) in [5.74, 6) is 0.840. The van der Waals surface area contributed by atoms with Crippen molar-refractivity contribution in [3.8, 4) is 5.75 Å². The highest BCUT2D eigenvalue weighted by Crippen LogP contribution is 2.34. The molecule has 1 atom stereocenters. The van der Waals surface area contributed by atoms with Crippen molar-refractivity contribution in [1.82, 2.24) is 0 Å². The zero-order chi connectivity index (χ0) is 14.1. The molecule has 102 valence electrons. The van der Waals surface area contributed by atoms with Gasteiger partial charge in [-0.3, -0.25) is 0 Å². The Morgan fingerprint density at radius 1 is 1.10 bits per heavy atom. The molecule has 1 N–H and O–H groups in total. The summed E-state index contributed by atoms with van der Waals surface area (Å²) in [7, 11) is 1.66. The topological polar surface area (TPSA) is 29.5 Å². The van der Waals surface area contributed by atoms with Crippen LogP contribution in [0.5, 0.6) is 5.75 Å². The van der Waals surface area contributed by atoms with Crippen molar-refractivity contribution >= 4 is 38.0 Å². The van der Waals surface area contributed by atoms with E-state index in [1.54, 1.807) is 18.4 Å². The molecule has 0 saturated carbocycles. The van der Waals surface area contributed by atoms with Gasteiger partial charge in [0.2, 0.25) is 0 Å². The predicted octanol–water partition coefficient (Wildman–Crippen LogP) is 4.75. The van der Waals surface area contributed by atoms with Crippen molar-refractivity contribution in [2.75, 3.05) is 7.11 Å². The third-order valence-electron chi connectivity index (χ3n) is 3.28. The molecule has 0 amide bonds. The standard InChI is InChI=1S/C16H13BrO2S/c1-19-13-5-4-10-8-12(3-2-11(10)9-13)15(18)16-14(17)6-7-20-16/h2-9,15,18H,1H3. The van der Waals surface area contributed by atoms with Crippen molar-refractivity contribution in [3.63, 3.8) is 0 Å². The zero-order valence-corrected chi connectivity index (χ0v) is 13.2. The van der Waals surface area contributed by atoms with Crippen molar-refractivity contribution in [3.05, 3.63) is 62.8 Å². The maximum atomic E-state index is 10.5. The van der Waals surface area contributed by atoms with Gasteiger partial charge in [0.25, 0.3) is 0 Å². The minimum absolute atomic E-state index is 0.601. The van der Waals surface area contributed by atoms with Gasteiger partial charge < -0.3 is 9.84 Å². The van der Waals surface area contributed by atoms with E-state index in [4.69, 9.17) is 4.74 Å². The number of hydrogen-bond donors (Lipinski definition) is 1. The summed E-state index contributed by atoms with van der Waals surface area (Å²) in [6.45, 7) is 0. The molecule has 0 spiro atoms. The quantitative estimate of drug-likeness (QED) is 0.739. The molecule has 3 aromatic rings. The minimum atomic E-state index is -0.601. The minimum Gasteiger partial charge on any atom is -0.497 e. The predicted molar refractivity (Wildman–Crippen MR) is 86.6 cm³/mol. The normalized spacial score (nSPS) is 12.6. The Labute approximate surface area is 129 Å². The number of hydrogen-bond acceptors (Lipinski definition) is 3. The molecule has 1 aromatic heterocycles. The second kappa shape index (κ2) is 5.56. The smallest absolute Gasteiger partial charge is 0.119 e. The monoisotopic (exact) mass is 348 g/mol. The average Bonchev–Trinajstić information content (AvgIpc) is 2.91. The van der Waals surface area contributed by atoms with Gasteiger partial charge in [-0.2, -0.15) is 0 Å². The lowest BCUT2D eigenvalue weighted by Gasteiger charge is -2.11. The van der Waals surface area contributed by atoms with Gasteiger partial charge in [-0.15, -0.1) is 11.3 Å². The van der Waals surface area contributed by atoms with Crippen LogP contribution in [0.15, 0.2) is 52.3 Å². The van der Waals surface area contributed by atoms with E-state index < -0.39 is 6.10 Å². The average molecular weight is 349 g/mol. The first kappa shape index (κ1) is 13.6. The van der Waals surface area contributed by atoms with E-state index in [2.05, 4.69) is 15.9 Å². The first-order valence-electron chi connectivity index (χ1n) is 6.17. The summed E-state index contributed by atoms with van der Waals surface area (Å²) < 4.78 is 6.17. The zero-order valence-electron chi connectivity index (χ0n) is 10.8. The summed E-state index contributed by atoms with van der Waals surface area (Å²) in [4.78, 5) is 0.929. The molecular weight excluding hydrogens is 336 g/mol. The van der Waals surface area contributed by atoms with Crippen LogP contribution in [0.2, 0.25) is 0 Å². The van der Waals surface area contributed by atoms with Crippen molar-refractivity contribution in [1.29, 1.82) is 0 Å². The van der Waals surface area contributed by atoms with E-state index in [0.29, 0.717) is 0 Å². The molecule has 3 rings (SSSR count). The molecule has 0 aliphatic heterocycles. The molecule has 2 aromatic carbocycles. The molecule has 0 aliphatic rings. The lowest BCUT2D eigenvalue weighted by Crippen LogP contribution is -1.97. The fourth-order valence-electron chi connectivity index (χ4n) is 2.19. The van der Waals surface area contributed by atoms with Gasteiger partial charge >= 0.3 is 0 Å². The Hall–Kier alpha value is -1.36. The van der Waals surface area contributed by atoms with Crippen LogP contribution in [0.4, 0.5) is 0 Å². The third kappa shape index (κ3) is 2.46. The first-order valence-corrected chi connectivity index (χ1v) is 7.85. The van der Waals surface area contributed by atoms with E-state index in [1.165, 1.54) is 0 Å². The molecule has 1 heterocycles. The summed E-state index contributed by atoms with van der Waals surface area (Å²) in [6.07, 6.45) is -0.601. The summed E-state index contributed by atoms with van der Waals surface area (Å²) >= 11 is 5.01. The van der Waals surface area contributed by atoms with E-state index in [-0.39, 0.29) is 0 Å². The van der Waals surface area contributed by atoms with Gasteiger partial charge in [0.1, 0.15) is 11.9 Å². The molecule has 1 unspecified atom stereocenters. The summed E-state index contributed by atoms with van der Waals surface area (Å²) in [5.41, 5.74) is 0.894. The number of fused-ring (bicyclic) bond motifs is 1. The lowest BCUT2D eigenvalue weighted by molar-refractivity contribution is 0.223. The third-order valence-corrected chi connectivity index (χ3v) is 5.20. The first-order chi connectivity index (χ1) is 9.69. The Morgan fingerprint density at radius 3 is 2.55 bits per heavy atom. The van der Waals surface area contributed by atoms with Gasteiger partial charge in [-0.25, -0.2) is 0 Å². The summed E-state index contributed by atoms with van der Waals surface area (Å²) in [5, 5.41) is 14.6. The number of aliphatic hydroxyl groups is 1. The van der Waals surface area contributed by atoms with Crippen molar-refractivity contribution < 1.29 is 9.84 Å². The molecule has 4 heteroatoms. The van der Waals surface area contributed by atoms with Gasteiger partial charge in [-0.05, 0) is 61.9 Å². The van der Waals surface area contributed by atoms with Crippen LogP contribution in [0.25, 0.3) is 10.8 Å². The Balaban J connectivity index is 2.03. The van der Waals surface area contributed by atoms with Crippen LogP contribution in [0, 0.1) is 0 Å². The highest BCUT2D eigenvalue weighted by molar-refractivity contribution is 9.10. The molecule has 0 saturated heterocycles. The SMILES string of the molecule is COc1ccc2cc(C(O)c3sccc3Br)ccc2c1. The van der Waals surface area contributed by atoms with Gasteiger partial charge in [0.05, 0.1) is 12.0 Å². The van der Waals surface area contributed by atoms with E-state index in [9.17, 15) is 5.11 Å².